The van der Waals surface area contributed by atoms with E-state index < -0.39 is 0 Å². The Morgan fingerprint density at radius 3 is 2.63 bits per heavy atom. The highest BCUT2D eigenvalue weighted by atomic mass is 16.1. The average molecular weight is 250 g/mol. The molecule has 0 atom stereocenters. The van der Waals surface area contributed by atoms with E-state index in [1.165, 1.54) is 0 Å². The largest absolute Gasteiger partial charge is 0.398 e. The molecule has 0 saturated carbocycles. The molecule has 0 saturated heterocycles. The number of ketones is 1. The number of aryl methyl sites for hydroxylation is 1. The molecule has 1 aromatic heterocycles. The summed E-state index contributed by atoms with van der Waals surface area (Å²) in [6.07, 6.45) is 1.76. The van der Waals surface area contributed by atoms with Crippen molar-refractivity contribution in [3.05, 3.63) is 65.4 Å². The molecule has 94 valence electrons. The Morgan fingerprint density at radius 1 is 1.05 bits per heavy atom. The van der Waals surface area contributed by atoms with Gasteiger partial charge in [-0.3, -0.25) is 4.79 Å². The third-order valence-electron chi connectivity index (χ3n) is 3.36. The van der Waals surface area contributed by atoms with E-state index in [2.05, 4.69) is 4.98 Å². The smallest absolute Gasteiger partial charge is 0.197 e. The summed E-state index contributed by atoms with van der Waals surface area (Å²) in [6, 6.07) is 13.1. The average Bonchev–Trinajstić information content (AvgIpc) is 2.84. The first-order valence-corrected chi connectivity index (χ1v) is 6.14. The summed E-state index contributed by atoms with van der Waals surface area (Å²) in [7, 11) is 0. The number of nitrogens with two attached hydrogens (primary N) is 1. The van der Waals surface area contributed by atoms with Crippen molar-refractivity contribution in [1.29, 1.82) is 0 Å². The van der Waals surface area contributed by atoms with Crippen molar-refractivity contribution < 1.29 is 4.79 Å². The van der Waals surface area contributed by atoms with Gasteiger partial charge in [0.25, 0.3) is 0 Å². The van der Waals surface area contributed by atoms with Gasteiger partial charge in [-0.25, -0.2) is 0 Å². The Balaban J connectivity index is 2.21. The Hall–Kier alpha value is -2.55. The van der Waals surface area contributed by atoms with Crippen LogP contribution in [0.2, 0.25) is 0 Å². The zero-order chi connectivity index (χ0) is 13.4. The second kappa shape index (κ2) is 4.28. The quantitative estimate of drug-likeness (QED) is 0.541. The number of nitrogens with one attached hydrogen (secondary N) is 1. The summed E-state index contributed by atoms with van der Waals surface area (Å²) in [5, 5.41) is 0.968. The van der Waals surface area contributed by atoms with Crippen molar-refractivity contribution in [3.8, 4) is 0 Å². The summed E-state index contributed by atoms with van der Waals surface area (Å²) < 4.78 is 0. The summed E-state index contributed by atoms with van der Waals surface area (Å²) in [5.74, 6) is -0.0429. The van der Waals surface area contributed by atoms with Crippen LogP contribution in [0.1, 0.15) is 21.5 Å². The van der Waals surface area contributed by atoms with Gasteiger partial charge < -0.3 is 10.7 Å². The van der Waals surface area contributed by atoms with Gasteiger partial charge in [0.05, 0.1) is 0 Å². The highest BCUT2D eigenvalue weighted by Crippen LogP contribution is 2.25. The first-order chi connectivity index (χ1) is 9.18. The van der Waals surface area contributed by atoms with Gasteiger partial charge in [-0.1, -0.05) is 24.3 Å². The first kappa shape index (κ1) is 11.5. The molecule has 3 N–H and O–H groups in total. The predicted molar refractivity (Wildman–Crippen MR) is 77.3 cm³/mol. The van der Waals surface area contributed by atoms with Crippen LogP contribution in [0.25, 0.3) is 10.9 Å². The number of H-pyrrole nitrogens is 1. The summed E-state index contributed by atoms with van der Waals surface area (Å²) in [5.41, 5.74) is 9.66. The van der Waals surface area contributed by atoms with Crippen molar-refractivity contribution in [2.24, 2.45) is 0 Å². The lowest BCUT2D eigenvalue weighted by Crippen LogP contribution is -2.04. The number of fused-ring (bicyclic) bond motifs is 1. The third kappa shape index (κ3) is 1.80. The van der Waals surface area contributed by atoms with Crippen LogP contribution >= 0.6 is 0 Å². The first-order valence-electron chi connectivity index (χ1n) is 6.14. The molecule has 3 nitrogen and oxygen atoms in total. The number of carbonyl (C=O) groups is 1. The second-order valence-corrected chi connectivity index (χ2v) is 4.62. The van der Waals surface area contributed by atoms with Crippen LogP contribution in [0.3, 0.4) is 0 Å². The van der Waals surface area contributed by atoms with Crippen molar-refractivity contribution in [2.45, 2.75) is 6.92 Å². The van der Waals surface area contributed by atoms with E-state index in [9.17, 15) is 4.79 Å². The van der Waals surface area contributed by atoms with Crippen LogP contribution < -0.4 is 5.73 Å². The number of anilines is 1. The maximum Gasteiger partial charge on any atom is 0.197 e. The monoisotopic (exact) mass is 250 g/mol. The lowest BCUT2D eigenvalue weighted by Gasteiger charge is -2.04. The minimum Gasteiger partial charge on any atom is -0.398 e. The van der Waals surface area contributed by atoms with Crippen molar-refractivity contribution in [1.82, 2.24) is 4.98 Å². The zero-order valence-electron chi connectivity index (χ0n) is 10.6. The molecule has 3 rings (SSSR count). The molecule has 0 aliphatic heterocycles. The summed E-state index contributed by atoms with van der Waals surface area (Å²) >= 11 is 0. The molecule has 1 heterocycles. The Bertz CT molecular complexity index is 771. The molecule has 3 aromatic rings. The van der Waals surface area contributed by atoms with Crippen LogP contribution in [0.5, 0.6) is 0 Å². The Labute approximate surface area is 111 Å². The maximum atomic E-state index is 12.6. The van der Waals surface area contributed by atoms with Crippen molar-refractivity contribution >= 4 is 22.4 Å². The van der Waals surface area contributed by atoms with Gasteiger partial charge in [0.1, 0.15) is 0 Å². The van der Waals surface area contributed by atoms with Crippen LogP contribution in [0.4, 0.5) is 5.69 Å². The fraction of sp³-hybridized carbons (Fsp3) is 0.0625. The summed E-state index contributed by atoms with van der Waals surface area (Å²) in [6.45, 7) is 2.00. The van der Waals surface area contributed by atoms with Crippen LogP contribution in [-0.4, -0.2) is 10.8 Å². The second-order valence-electron chi connectivity index (χ2n) is 4.62. The number of hydrogen-bond acceptors (Lipinski definition) is 2. The molecule has 19 heavy (non-hydrogen) atoms. The molecular formula is C16H14N2O. The van der Waals surface area contributed by atoms with Gasteiger partial charge in [-0.15, -0.1) is 0 Å². The number of aromatic nitrogens is 1. The fourth-order valence-electron chi connectivity index (χ4n) is 2.40. The molecule has 0 aliphatic rings. The van der Waals surface area contributed by atoms with E-state index in [0.29, 0.717) is 16.8 Å². The van der Waals surface area contributed by atoms with Gasteiger partial charge >= 0.3 is 0 Å². The number of aromatic amines is 1. The van der Waals surface area contributed by atoms with Crippen LogP contribution in [-0.2, 0) is 0 Å². The van der Waals surface area contributed by atoms with Gasteiger partial charge in [-0.2, -0.15) is 0 Å². The molecule has 0 bridgehead atoms. The fourth-order valence-corrected chi connectivity index (χ4v) is 2.40. The minimum atomic E-state index is -0.0429. The van der Waals surface area contributed by atoms with Crippen molar-refractivity contribution in [2.75, 3.05) is 5.73 Å². The molecule has 3 heteroatoms. The minimum absolute atomic E-state index is 0.0429. The lowest BCUT2D eigenvalue weighted by atomic mass is 9.99. The number of hydrogen-bond donors (Lipinski definition) is 2. The molecule has 0 amide bonds. The van der Waals surface area contributed by atoms with Gasteiger partial charge in [0.2, 0.25) is 0 Å². The highest BCUT2D eigenvalue weighted by Gasteiger charge is 2.17. The van der Waals surface area contributed by atoms with Crippen LogP contribution in [0.15, 0.2) is 48.7 Å². The number of para-hydroxylation sites is 1. The van der Waals surface area contributed by atoms with Crippen molar-refractivity contribution in [3.63, 3.8) is 0 Å². The number of carbonyl (C=O) groups excluding carboxylic acids is 1. The van der Waals surface area contributed by atoms with E-state index in [-0.39, 0.29) is 5.78 Å². The molecule has 0 unspecified atom stereocenters. The highest BCUT2D eigenvalue weighted by molar-refractivity contribution is 6.18. The van der Waals surface area contributed by atoms with E-state index in [1.807, 2.05) is 37.3 Å². The molecule has 2 aromatic carbocycles. The number of nitrogen functional groups attached to an aromatic ring is 1. The predicted octanol–water partition coefficient (Wildman–Crippen LogP) is 3.29. The van der Waals surface area contributed by atoms with E-state index >= 15 is 0 Å². The normalized spacial score (nSPS) is 10.8. The summed E-state index contributed by atoms with van der Waals surface area (Å²) in [4.78, 5) is 15.7. The van der Waals surface area contributed by atoms with Gasteiger partial charge in [0.15, 0.2) is 5.78 Å². The number of rotatable bonds is 2. The molecule has 0 radical (unpaired) electrons. The zero-order valence-corrected chi connectivity index (χ0v) is 10.6. The number of benzene rings is 2. The SMILES string of the molecule is Cc1cccc2[nH]cc(C(=O)c3ccccc3N)c12. The Kier molecular flexibility index (Phi) is 2.60. The Morgan fingerprint density at radius 2 is 1.84 bits per heavy atom. The van der Waals surface area contributed by atoms with E-state index in [4.69, 9.17) is 5.73 Å². The van der Waals surface area contributed by atoms with E-state index in [0.717, 1.165) is 16.5 Å². The standard InChI is InChI=1S/C16H14N2O/c1-10-5-4-8-14-15(10)12(9-18-14)16(19)11-6-2-3-7-13(11)17/h2-9,18H,17H2,1H3. The maximum absolute atomic E-state index is 12.6. The molecule has 0 spiro atoms. The molecule has 0 fully saturated rings. The molecular weight excluding hydrogens is 236 g/mol. The topological polar surface area (TPSA) is 58.9 Å². The van der Waals surface area contributed by atoms with Gasteiger partial charge in [-0.05, 0) is 30.7 Å². The van der Waals surface area contributed by atoms with E-state index in [1.54, 1.807) is 18.3 Å². The lowest BCUT2D eigenvalue weighted by molar-refractivity contribution is 0.104. The third-order valence-corrected chi connectivity index (χ3v) is 3.36. The van der Waals surface area contributed by atoms with Gasteiger partial charge in [0, 0.05) is 33.9 Å². The van der Waals surface area contributed by atoms with Crippen LogP contribution in [0, 0.1) is 6.92 Å². The molecule has 0 aliphatic carbocycles.